The highest BCUT2D eigenvalue weighted by molar-refractivity contribution is 9.10. The maximum Gasteiger partial charge on any atom is 0.305 e. The number of hydrogen-bond donors (Lipinski definition) is 2. The van der Waals surface area contributed by atoms with Crippen LogP contribution in [-0.4, -0.2) is 34.6 Å². The molecule has 0 bridgehead atoms. The van der Waals surface area contributed by atoms with E-state index in [1.54, 1.807) is 36.4 Å². The van der Waals surface area contributed by atoms with Gasteiger partial charge in [0, 0.05) is 31.9 Å². The quantitative estimate of drug-likeness (QED) is 0.209. The Hall–Kier alpha value is -4.19. The number of carbonyl (C=O) groups is 3. The van der Waals surface area contributed by atoms with Gasteiger partial charge in [-0.2, -0.15) is 0 Å². The van der Waals surface area contributed by atoms with E-state index in [1.807, 2.05) is 54.6 Å². The Balaban J connectivity index is 1.23. The normalized spacial score (nSPS) is 19.3. The van der Waals surface area contributed by atoms with Crippen molar-refractivity contribution in [1.82, 2.24) is 4.98 Å². The third-order valence-corrected chi connectivity index (χ3v) is 10.5. The van der Waals surface area contributed by atoms with Crippen LogP contribution in [-0.2, 0) is 14.4 Å². The van der Waals surface area contributed by atoms with Crippen LogP contribution in [0.3, 0.4) is 0 Å². The minimum atomic E-state index is -0.780. The molecule has 214 valence electrons. The molecule has 7 rings (SSSR count). The van der Waals surface area contributed by atoms with Crippen molar-refractivity contribution < 1.29 is 19.1 Å². The number of anilines is 2. The predicted molar refractivity (Wildman–Crippen MR) is 171 cm³/mol. The molecule has 2 aliphatic rings. The first-order valence-corrected chi connectivity index (χ1v) is 15.9. The van der Waals surface area contributed by atoms with Crippen molar-refractivity contribution in [2.24, 2.45) is 5.92 Å². The summed E-state index contributed by atoms with van der Waals surface area (Å²) in [6.07, 6.45) is 0. The summed E-state index contributed by atoms with van der Waals surface area (Å²) in [5.74, 6) is -2.07. The molecule has 3 atom stereocenters. The molecule has 1 saturated heterocycles. The number of thioether (sulfide) groups is 1. The highest BCUT2D eigenvalue weighted by Gasteiger charge is 2.56. The number of amides is 3. The fourth-order valence-electron chi connectivity index (χ4n) is 5.74. The van der Waals surface area contributed by atoms with Crippen molar-refractivity contribution in [3.8, 4) is 5.75 Å². The minimum absolute atomic E-state index is 0.269. The molecule has 0 saturated carbocycles. The lowest BCUT2D eigenvalue weighted by Crippen LogP contribution is -2.32. The molecule has 11 heteroatoms. The summed E-state index contributed by atoms with van der Waals surface area (Å²) in [5.41, 5.74) is 1.78. The maximum absolute atomic E-state index is 14.0. The Bertz CT molecular complexity index is 1970. The first-order valence-electron chi connectivity index (χ1n) is 13.4. The largest absolute Gasteiger partial charge is 0.483 e. The third kappa shape index (κ3) is 4.97. The number of nitrogens with one attached hydrogen (secondary N) is 2. The number of para-hydroxylation sites is 1. The predicted octanol–water partition coefficient (Wildman–Crippen LogP) is 6.17. The van der Waals surface area contributed by atoms with Crippen LogP contribution in [0, 0.1) is 5.92 Å². The molecule has 5 aromatic rings. The van der Waals surface area contributed by atoms with Crippen LogP contribution in [0.5, 0.6) is 5.75 Å². The Kier molecular flexibility index (Phi) is 7.16. The number of H-pyrrole nitrogens is 1. The molecular formula is C32H22BrN3O5S2. The average Bonchev–Trinajstić information content (AvgIpc) is 3.51. The van der Waals surface area contributed by atoms with Gasteiger partial charge in [0.05, 0.1) is 16.6 Å². The Morgan fingerprint density at radius 1 is 0.930 bits per heavy atom. The number of ether oxygens (including phenoxy) is 1. The van der Waals surface area contributed by atoms with Crippen LogP contribution in [0.25, 0.3) is 10.8 Å². The van der Waals surface area contributed by atoms with E-state index < -0.39 is 17.1 Å². The zero-order valence-corrected chi connectivity index (χ0v) is 25.5. The van der Waals surface area contributed by atoms with E-state index in [2.05, 4.69) is 26.2 Å². The third-order valence-electron chi connectivity index (χ3n) is 7.57. The molecule has 1 fully saturated rings. The molecule has 3 amide bonds. The van der Waals surface area contributed by atoms with E-state index in [0.29, 0.717) is 32.6 Å². The van der Waals surface area contributed by atoms with E-state index in [0.717, 1.165) is 26.6 Å². The summed E-state index contributed by atoms with van der Waals surface area (Å²) in [7, 11) is 0. The number of carbonyl (C=O) groups excluding carboxylic acids is 3. The van der Waals surface area contributed by atoms with E-state index >= 15 is 0 Å². The molecule has 0 aliphatic carbocycles. The summed E-state index contributed by atoms with van der Waals surface area (Å²) >= 11 is 5.77. The molecule has 2 aliphatic heterocycles. The van der Waals surface area contributed by atoms with Gasteiger partial charge >= 0.3 is 4.87 Å². The number of hydrogen-bond acceptors (Lipinski definition) is 7. The number of aromatic nitrogens is 1. The van der Waals surface area contributed by atoms with Crippen LogP contribution in [0.4, 0.5) is 11.4 Å². The second-order valence-electron chi connectivity index (χ2n) is 10.1. The second-order valence-corrected chi connectivity index (χ2v) is 13.2. The Morgan fingerprint density at radius 3 is 2.53 bits per heavy atom. The van der Waals surface area contributed by atoms with Crippen LogP contribution in [0.2, 0.25) is 0 Å². The van der Waals surface area contributed by atoms with Gasteiger partial charge in [-0.1, -0.05) is 93.6 Å². The van der Waals surface area contributed by atoms with Gasteiger partial charge in [-0.05, 0) is 41.8 Å². The number of aromatic amines is 1. The van der Waals surface area contributed by atoms with Crippen molar-refractivity contribution in [1.29, 1.82) is 0 Å². The Labute approximate surface area is 262 Å². The lowest BCUT2D eigenvalue weighted by Gasteiger charge is -2.31. The number of fused-ring (bicyclic) bond motifs is 3. The molecule has 4 aromatic carbocycles. The van der Waals surface area contributed by atoms with E-state index in [4.69, 9.17) is 4.74 Å². The number of halogens is 1. The zero-order valence-electron chi connectivity index (χ0n) is 22.3. The number of imide groups is 1. The van der Waals surface area contributed by atoms with Crippen LogP contribution in [0.15, 0.2) is 105 Å². The van der Waals surface area contributed by atoms with Gasteiger partial charge in [-0.15, -0.1) is 0 Å². The van der Waals surface area contributed by atoms with Gasteiger partial charge in [0.2, 0.25) is 11.8 Å². The summed E-state index contributed by atoms with van der Waals surface area (Å²) in [4.78, 5) is 57.8. The number of rotatable bonds is 6. The SMILES string of the molecule is O=C(COc1ccc(Br)cc1[C@H]1c2sc(=O)[nH]c2SC2C(=O)N(c3ccccc3)C(=O)C21)Nc1cccc2ccccc12. The molecule has 3 heterocycles. The molecule has 2 N–H and O–H groups in total. The van der Waals surface area contributed by atoms with Crippen molar-refractivity contribution in [2.45, 2.75) is 16.2 Å². The van der Waals surface area contributed by atoms with Crippen LogP contribution < -0.4 is 19.8 Å². The lowest BCUT2D eigenvalue weighted by atomic mass is 9.82. The van der Waals surface area contributed by atoms with Crippen LogP contribution >= 0.6 is 39.0 Å². The van der Waals surface area contributed by atoms with Gasteiger partial charge in [0.25, 0.3) is 5.91 Å². The molecule has 0 radical (unpaired) electrons. The van der Waals surface area contributed by atoms with Crippen molar-refractivity contribution >= 4 is 78.9 Å². The molecule has 0 spiro atoms. The molecular weight excluding hydrogens is 650 g/mol. The van der Waals surface area contributed by atoms with Gasteiger partial charge in [-0.25, -0.2) is 4.90 Å². The van der Waals surface area contributed by atoms with Crippen molar-refractivity contribution in [2.75, 3.05) is 16.8 Å². The molecule has 43 heavy (non-hydrogen) atoms. The summed E-state index contributed by atoms with van der Waals surface area (Å²) < 4.78 is 6.83. The van der Waals surface area contributed by atoms with E-state index in [-0.39, 0.29) is 29.2 Å². The standard InChI is InChI=1S/C32H22BrN3O5S2/c33-18-13-14-23(41-16-24(37)34-22-12-6-8-17-7-4-5-11-20(17)22)21(15-18)25-26-28(42-29-27(25)43-32(40)35-29)31(39)36(30(26)38)19-9-2-1-3-10-19/h1-15,25-26,28H,16H2,(H,34,37)(H,35,40)/t25-,26?,28?/m1/s1. The van der Waals surface area contributed by atoms with E-state index in [1.165, 1.54) is 16.7 Å². The summed E-state index contributed by atoms with van der Waals surface area (Å²) in [5, 5.41) is 4.68. The van der Waals surface area contributed by atoms with Crippen molar-refractivity contribution in [3.05, 3.63) is 116 Å². The first kappa shape index (κ1) is 27.6. The monoisotopic (exact) mass is 671 g/mol. The Morgan fingerprint density at radius 2 is 1.70 bits per heavy atom. The zero-order chi connectivity index (χ0) is 29.7. The smallest absolute Gasteiger partial charge is 0.305 e. The maximum atomic E-state index is 14.0. The number of benzene rings is 4. The molecule has 8 nitrogen and oxygen atoms in total. The first-order chi connectivity index (χ1) is 20.9. The molecule has 1 aromatic heterocycles. The van der Waals surface area contributed by atoms with Crippen LogP contribution in [0.1, 0.15) is 16.4 Å². The molecule has 2 unspecified atom stereocenters. The lowest BCUT2D eigenvalue weighted by molar-refractivity contribution is -0.122. The van der Waals surface area contributed by atoms with E-state index in [9.17, 15) is 19.2 Å². The topological polar surface area (TPSA) is 109 Å². The van der Waals surface area contributed by atoms with Gasteiger partial charge < -0.3 is 15.0 Å². The highest BCUT2D eigenvalue weighted by atomic mass is 79.9. The summed E-state index contributed by atoms with van der Waals surface area (Å²) in [6, 6.07) is 27.6. The fraction of sp³-hybridized carbons (Fsp3) is 0.125. The van der Waals surface area contributed by atoms with Crippen molar-refractivity contribution in [3.63, 3.8) is 0 Å². The fourth-order valence-corrected chi connectivity index (χ4v) is 8.63. The van der Waals surface area contributed by atoms with Gasteiger partial charge in [0.1, 0.15) is 11.0 Å². The minimum Gasteiger partial charge on any atom is -0.483 e. The van der Waals surface area contributed by atoms with Gasteiger partial charge in [0.15, 0.2) is 6.61 Å². The number of nitrogens with zero attached hydrogens (tertiary/aromatic N) is 1. The summed E-state index contributed by atoms with van der Waals surface area (Å²) in [6.45, 7) is -0.285. The number of thiazole rings is 1. The van der Waals surface area contributed by atoms with Gasteiger partial charge in [-0.3, -0.25) is 19.2 Å². The highest BCUT2D eigenvalue weighted by Crippen LogP contribution is 2.54. The second kappa shape index (κ2) is 11.1. The average molecular weight is 673 g/mol.